The number of amides is 1. The van der Waals surface area contributed by atoms with Gasteiger partial charge in [-0.2, -0.15) is 13.2 Å². The van der Waals surface area contributed by atoms with E-state index in [4.69, 9.17) is 20.3 Å². The summed E-state index contributed by atoms with van der Waals surface area (Å²) < 4.78 is 48.1. The molecule has 0 saturated carbocycles. The van der Waals surface area contributed by atoms with Crippen LogP contribution in [0, 0.1) is 0 Å². The van der Waals surface area contributed by atoms with Crippen molar-refractivity contribution in [3.05, 3.63) is 65.2 Å². The second-order valence-corrected chi connectivity index (χ2v) is 7.01. The summed E-state index contributed by atoms with van der Waals surface area (Å²) in [6, 6.07) is 9.02. The number of benzene rings is 2. The summed E-state index contributed by atoms with van der Waals surface area (Å²) in [6.07, 6.45) is -4.34. The van der Waals surface area contributed by atoms with Crippen LogP contribution in [0.2, 0.25) is 0 Å². The van der Waals surface area contributed by atoms with Gasteiger partial charge in [0.25, 0.3) is 0 Å². The highest BCUT2D eigenvalue weighted by Gasteiger charge is 2.30. The molecule has 2 atom stereocenters. The van der Waals surface area contributed by atoms with E-state index in [1.807, 2.05) is 0 Å². The Morgan fingerprint density at radius 2 is 1.59 bits per heavy atom. The molecule has 0 spiro atoms. The number of ether oxygens (including phenoxy) is 2. The number of rotatable bonds is 10. The Kier molecular flexibility index (Phi) is 9.03. The Morgan fingerprint density at radius 3 is 2.12 bits per heavy atom. The van der Waals surface area contributed by atoms with Gasteiger partial charge in [-0.15, -0.1) is 0 Å². The van der Waals surface area contributed by atoms with Crippen molar-refractivity contribution in [1.82, 2.24) is 5.32 Å². The number of methoxy groups -OCH3 is 1. The first-order valence-electron chi connectivity index (χ1n) is 9.76. The van der Waals surface area contributed by atoms with Gasteiger partial charge < -0.3 is 25.6 Å². The van der Waals surface area contributed by atoms with Gasteiger partial charge in [-0.25, -0.2) is 4.79 Å². The smallest absolute Gasteiger partial charge is 0.416 e. The molecule has 2 aromatic carbocycles. The molecule has 7 nitrogen and oxygen atoms in total. The Bertz CT molecular complexity index is 886. The summed E-state index contributed by atoms with van der Waals surface area (Å²) in [5.74, 6) is -0.785. The zero-order valence-electron chi connectivity index (χ0n) is 17.4. The van der Waals surface area contributed by atoms with Gasteiger partial charge in [0.2, 0.25) is 5.91 Å². The van der Waals surface area contributed by atoms with Crippen LogP contribution in [0.5, 0.6) is 5.75 Å². The van der Waals surface area contributed by atoms with Gasteiger partial charge in [-0.3, -0.25) is 4.79 Å². The van der Waals surface area contributed by atoms with Crippen LogP contribution in [-0.4, -0.2) is 49.4 Å². The van der Waals surface area contributed by atoms with E-state index in [0.29, 0.717) is 11.3 Å². The summed E-state index contributed by atoms with van der Waals surface area (Å²) in [7, 11) is 1.15. The second kappa shape index (κ2) is 11.5. The van der Waals surface area contributed by atoms with Crippen molar-refractivity contribution in [2.24, 2.45) is 5.73 Å². The zero-order valence-corrected chi connectivity index (χ0v) is 17.4. The van der Waals surface area contributed by atoms with Crippen LogP contribution < -0.4 is 15.8 Å². The van der Waals surface area contributed by atoms with E-state index in [9.17, 15) is 22.8 Å². The molecule has 4 N–H and O–H groups in total. The fraction of sp³-hybridized carbons (Fsp3) is 0.364. The van der Waals surface area contributed by atoms with Crippen LogP contribution in [0.4, 0.5) is 13.2 Å². The van der Waals surface area contributed by atoms with Crippen LogP contribution in [-0.2, 0) is 33.3 Å². The molecule has 0 heterocycles. The molecule has 0 fully saturated rings. The Balaban J connectivity index is 2.00. The number of hydrogen-bond donors (Lipinski definition) is 3. The van der Waals surface area contributed by atoms with E-state index in [0.717, 1.165) is 24.8 Å². The van der Waals surface area contributed by atoms with E-state index in [2.05, 4.69) is 5.32 Å². The normalized spacial score (nSPS) is 13.2. The van der Waals surface area contributed by atoms with Crippen molar-refractivity contribution < 1.29 is 37.3 Å². The first-order chi connectivity index (χ1) is 15.1. The molecular weight excluding hydrogens is 429 g/mol. The number of carbonyl (C=O) groups excluding carboxylic acids is 2. The van der Waals surface area contributed by atoms with E-state index in [1.54, 1.807) is 24.3 Å². The molecule has 0 aliphatic rings. The fourth-order valence-corrected chi connectivity index (χ4v) is 2.91. The number of nitrogens with one attached hydrogen (secondary N) is 1. The molecule has 10 heteroatoms. The van der Waals surface area contributed by atoms with E-state index >= 15 is 0 Å². The van der Waals surface area contributed by atoms with Crippen LogP contribution in [0.25, 0.3) is 0 Å². The SMILES string of the molecule is COC(=O)C(Cc1ccc(C(F)(F)F)cc1)NC(=O)[C@@H](N)Cc1ccc(OCCO)cc1. The predicted molar refractivity (Wildman–Crippen MR) is 110 cm³/mol. The third-order valence-electron chi connectivity index (χ3n) is 4.60. The lowest BCUT2D eigenvalue weighted by atomic mass is 10.0. The van der Waals surface area contributed by atoms with Crippen molar-refractivity contribution >= 4 is 11.9 Å². The van der Waals surface area contributed by atoms with Crippen molar-refractivity contribution in [3.8, 4) is 5.75 Å². The number of aliphatic hydroxyl groups excluding tert-OH is 1. The summed E-state index contributed by atoms with van der Waals surface area (Å²) in [6.45, 7) is 0.0513. The minimum absolute atomic E-state index is 0.0554. The van der Waals surface area contributed by atoms with Crippen LogP contribution in [0.3, 0.4) is 0 Å². The maximum atomic E-state index is 12.7. The third-order valence-corrected chi connectivity index (χ3v) is 4.60. The molecular formula is C22H25F3N2O5. The van der Waals surface area contributed by atoms with Crippen LogP contribution in [0.15, 0.2) is 48.5 Å². The van der Waals surface area contributed by atoms with E-state index < -0.39 is 35.7 Å². The van der Waals surface area contributed by atoms with Gasteiger partial charge in [0, 0.05) is 6.42 Å². The van der Waals surface area contributed by atoms with Gasteiger partial charge in [0.15, 0.2) is 0 Å². The summed E-state index contributed by atoms with van der Waals surface area (Å²) in [4.78, 5) is 24.6. The summed E-state index contributed by atoms with van der Waals surface area (Å²) in [5, 5.41) is 11.3. The molecule has 2 rings (SSSR count). The number of hydrogen-bond acceptors (Lipinski definition) is 6. The highest BCUT2D eigenvalue weighted by molar-refractivity contribution is 5.87. The largest absolute Gasteiger partial charge is 0.491 e. The number of carbonyl (C=O) groups is 2. The van der Waals surface area contributed by atoms with E-state index in [-0.39, 0.29) is 26.1 Å². The molecule has 1 amide bonds. The summed E-state index contributed by atoms with van der Waals surface area (Å²) >= 11 is 0. The highest BCUT2D eigenvalue weighted by atomic mass is 19.4. The molecule has 0 bridgehead atoms. The molecule has 2 aromatic rings. The predicted octanol–water partition coefficient (Wildman–Crippen LogP) is 1.85. The molecule has 0 aliphatic carbocycles. The monoisotopic (exact) mass is 454 g/mol. The van der Waals surface area contributed by atoms with Crippen molar-refractivity contribution in [2.45, 2.75) is 31.1 Å². The Hall–Kier alpha value is -3.11. The average molecular weight is 454 g/mol. The fourth-order valence-electron chi connectivity index (χ4n) is 2.91. The quantitative estimate of drug-likeness (QED) is 0.473. The lowest BCUT2D eigenvalue weighted by molar-refractivity contribution is -0.145. The zero-order chi connectivity index (χ0) is 23.7. The van der Waals surface area contributed by atoms with Crippen LogP contribution >= 0.6 is 0 Å². The maximum Gasteiger partial charge on any atom is 0.416 e. The molecule has 1 unspecified atom stereocenters. The molecule has 0 aromatic heterocycles. The highest BCUT2D eigenvalue weighted by Crippen LogP contribution is 2.29. The number of esters is 1. The van der Waals surface area contributed by atoms with Gasteiger partial charge in [0.1, 0.15) is 18.4 Å². The first kappa shape index (κ1) is 25.2. The Morgan fingerprint density at radius 1 is 1.03 bits per heavy atom. The van der Waals surface area contributed by atoms with Crippen LogP contribution in [0.1, 0.15) is 16.7 Å². The van der Waals surface area contributed by atoms with Gasteiger partial charge >= 0.3 is 12.1 Å². The van der Waals surface area contributed by atoms with Gasteiger partial charge in [-0.1, -0.05) is 24.3 Å². The average Bonchev–Trinajstić information content (AvgIpc) is 2.77. The Labute approximate surface area is 183 Å². The number of aliphatic hydroxyl groups is 1. The second-order valence-electron chi connectivity index (χ2n) is 7.01. The first-order valence-corrected chi connectivity index (χ1v) is 9.76. The maximum absolute atomic E-state index is 12.7. The molecule has 174 valence electrons. The van der Waals surface area contributed by atoms with Gasteiger partial charge in [-0.05, 0) is 41.8 Å². The molecule has 32 heavy (non-hydrogen) atoms. The minimum atomic E-state index is -4.47. The molecule has 0 aliphatic heterocycles. The number of halogens is 3. The third kappa shape index (κ3) is 7.54. The van der Waals surface area contributed by atoms with Crippen molar-refractivity contribution in [1.29, 1.82) is 0 Å². The van der Waals surface area contributed by atoms with E-state index in [1.165, 1.54) is 12.1 Å². The van der Waals surface area contributed by atoms with Crippen molar-refractivity contribution in [2.75, 3.05) is 20.3 Å². The van der Waals surface area contributed by atoms with Gasteiger partial charge in [0.05, 0.1) is 25.3 Å². The van der Waals surface area contributed by atoms with Crippen molar-refractivity contribution in [3.63, 3.8) is 0 Å². The standard InChI is InChI=1S/C22H25F3N2O5/c1-31-21(30)19(13-15-2-6-16(7-3-15)22(23,24)25)27-20(29)18(26)12-14-4-8-17(9-5-14)32-11-10-28/h2-9,18-19,28H,10-13,26H2,1H3,(H,27,29)/t18-,19?/m0/s1. The minimum Gasteiger partial charge on any atom is -0.491 e. The number of alkyl halides is 3. The molecule has 0 radical (unpaired) electrons. The topological polar surface area (TPSA) is 111 Å². The summed E-state index contributed by atoms with van der Waals surface area (Å²) in [5.41, 5.74) is 6.32. The molecule has 0 saturated heterocycles. The lowest BCUT2D eigenvalue weighted by Gasteiger charge is -2.20. The number of nitrogens with two attached hydrogens (primary N) is 1. The lowest BCUT2D eigenvalue weighted by Crippen LogP contribution is -2.50.